The molecule has 1 saturated heterocycles. The quantitative estimate of drug-likeness (QED) is 0.256. The summed E-state index contributed by atoms with van der Waals surface area (Å²) in [6, 6.07) is 11.0. The van der Waals surface area contributed by atoms with Gasteiger partial charge in [0.1, 0.15) is 12.3 Å². The molecule has 1 heterocycles. The number of carbonyl (C=O) groups excluding carboxylic acids is 3. The van der Waals surface area contributed by atoms with Gasteiger partial charge in [-0.2, -0.15) is 0 Å². The van der Waals surface area contributed by atoms with Gasteiger partial charge in [0.2, 0.25) is 5.91 Å². The number of benzene rings is 2. The summed E-state index contributed by atoms with van der Waals surface area (Å²) in [5.41, 5.74) is 0.642. The third-order valence-corrected chi connectivity index (χ3v) is 5.64. The van der Waals surface area contributed by atoms with E-state index in [-0.39, 0.29) is 16.2 Å². The predicted molar refractivity (Wildman–Crippen MR) is 120 cm³/mol. The first-order valence-electron chi connectivity index (χ1n) is 8.41. The lowest BCUT2D eigenvalue weighted by Gasteiger charge is -2.12. The summed E-state index contributed by atoms with van der Waals surface area (Å²) in [5.74, 6) is -0.868. The van der Waals surface area contributed by atoms with Gasteiger partial charge in [-0.3, -0.25) is 29.4 Å². The first-order chi connectivity index (χ1) is 14.3. The number of carbonyl (C=O) groups is 3. The van der Waals surface area contributed by atoms with Crippen molar-refractivity contribution in [3.63, 3.8) is 0 Å². The Labute approximate surface area is 188 Å². The molecule has 11 heteroatoms. The van der Waals surface area contributed by atoms with Crippen molar-refractivity contribution in [2.75, 3.05) is 19.0 Å². The zero-order valence-corrected chi connectivity index (χ0v) is 18.4. The molecule has 0 radical (unpaired) electrons. The number of hydrogen-bond donors (Lipinski definition) is 1. The second kappa shape index (κ2) is 9.26. The zero-order valence-electron chi connectivity index (χ0n) is 15.5. The van der Waals surface area contributed by atoms with E-state index in [1.54, 1.807) is 12.1 Å². The summed E-state index contributed by atoms with van der Waals surface area (Å²) in [6.07, 6.45) is 1.34. The SMILES string of the molecule is COc1ccc([N+](=O)[O-])cc1/C=C1/SC(=O)N(CC(=O)Nc2ccc(I)cc2)C1=O. The van der Waals surface area contributed by atoms with E-state index >= 15 is 0 Å². The third-order valence-electron chi connectivity index (χ3n) is 4.01. The second-order valence-corrected chi connectivity index (χ2v) is 8.25. The van der Waals surface area contributed by atoms with Gasteiger partial charge < -0.3 is 10.1 Å². The molecule has 1 aliphatic heterocycles. The number of ether oxygens (including phenoxy) is 1. The summed E-state index contributed by atoms with van der Waals surface area (Å²) in [5, 5.41) is 13.0. The average molecular weight is 539 g/mol. The molecule has 2 aromatic carbocycles. The first kappa shape index (κ1) is 21.8. The van der Waals surface area contributed by atoms with E-state index in [1.807, 2.05) is 12.1 Å². The number of hydrogen-bond acceptors (Lipinski definition) is 7. The number of nitro groups is 1. The van der Waals surface area contributed by atoms with Gasteiger partial charge in [0.05, 0.1) is 16.9 Å². The number of halogens is 1. The van der Waals surface area contributed by atoms with Crippen molar-refractivity contribution in [3.05, 3.63) is 66.6 Å². The maximum atomic E-state index is 12.6. The van der Waals surface area contributed by atoms with Gasteiger partial charge in [-0.25, -0.2) is 0 Å². The Morgan fingerprint density at radius 2 is 1.97 bits per heavy atom. The molecule has 1 aliphatic rings. The van der Waals surface area contributed by atoms with Crippen molar-refractivity contribution in [1.82, 2.24) is 4.90 Å². The highest BCUT2D eigenvalue weighted by molar-refractivity contribution is 14.1. The molecular weight excluding hydrogens is 525 g/mol. The van der Waals surface area contributed by atoms with Crippen molar-refractivity contribution < 1.29 is 24.0 Å². The molecular formula is C19H14IN3O6S. The van der Waals surface area contributed by atoms with Crippen molar-refractivity contribution in [2.45, 2.75) is 0 Å². The number of imide groups is 1. The van der Waals surface area contributed by atoms with Crippen molar-refractivity contribution in [2.24, 2.45) is 0 Å². The Morgan fingerprint density at radius 3 is 2.60 bits per heavy atom. The van der Waals surface area contributed by atoms with Gasteiger partial charge in [0.25, 0.3) is 16.8 Å². The van der Waals surface area contributed by atoms with E-state index < -0.39 is 28.5 Å². The molecule has 154 valence electrons. The highest BCUT2D eigenvalue weighted by Crippen LogP contribution is 2.35. The van der Waals surface area contributed by atoms with E-state index in [1.165, 1.54) is 31.4 Å². The molecule has 0 unspecified atom stereocenters. The van der Waals surface area contributed by atoms with Crippen LogP contribution in [0.1, 0.15) is 5.56 Å². The molecule has 0 bridgehead atoms. The average Bonchev–Trinajstić information content (AvgIpc) is 2.97. The minimum atomic E-state index is -0.656. The monoisotopic (exact) mass is 539 g/mol. The lowest BCUT2D eigenvalue weighted by molar-refractivity contribution is -0.384. The number of amides is 3. The number of methoxy groups -OCH3 is 1. The van der Waals surface area contributed by atoms with Crippen LogP contribution in [0.4, 0.5) is 16.2 Å². The smallest absolute Gasteiger partial charge is 0.294 e. The lowest BCUT2D eigenvalue weighted by atomic mass is 10.1. The maximum absolute atomic E-state index is 12.6. The number of nitro benzene ring substituents is 1. The van der Waals surface area contributed by atoms with Crippen molar-refractivity contribution >= 4 is 68.9 Å². The number of rotatable bonds is 6. The Kier molecular flexibility index (Phi) is 6.72. The second-order valence-electron chi connectivity index (χ2n) is 6.01. The van der Waals surface area contributed by atoms with E-state index in [9.17, 15) is 24.5 Å². The molecule has 0 aromatic heterocycles. The van der Waals surface area contributed by atoms with E-state index in [2.05, 4.69) is 27.9 Å². The number of nitrogens with one attached hydrogen (secondary N) is 1. The number of thioether (sulfide) groups is 1. The van der Waals surface area contributed by atoms with Crippen LogP contribution in [0.25, 0.3) is 6.08 Å². The molecule has 1 fully saturated rings. The molecule has 3 rings (SSSR count). The van der Waals surface area contributed by atoms with Crippen LogP contribution in [0.15, 0.2) is 47.4 Å². The molecule has 1 N–H and O–H groups in total. The number of anilines is 1. The zero-order chi connectivity index (χ0) is 21.8. The molecule has 2 aromatic rings. The van der Waals surface area contributed by atoms with E-state index in [0.717, 1.165) is 8.47 Å². The highest BCUT2D eigenvalue weighted by Gasteiger charge is 2.36. The lowest BCUT2D eigenvalue weighted by Crippen LogP contribution is -2.36. The summed E-state index contributed by atoms with van der Waals surface area (Å²) < 4.78 is 6.17. The molecule has 0 saturated carbocycles. The normalized spacial score (nSPS) is 14.9. The standard InChI is InChI=1S/C19H14IN3O6S/c1-29-15-7-6-14(23(27)28)8-11(15)9-16-18(25)22(19(26)30-16)10-17(24)21-13-4-2-12(20)3-5-13/h2-9H,10H2,1H3,(H,21,24)/b16-9+. The predicted octanol–water partition coefficient (Wildman–Crippen LogP) is 3.88. The third kappa shape index (κ3) is 4.97. The van der Waals surface area contributed by atoms with Crippen LogP contribution < -0.4 is 10.1 Å². The fraction of sp³-hybridized carbons (Fsp3) is 0.105. The fourth-order valence-electron chi connectivity index (χ4n) is 2.60. The van der Waals surface area contributed by atoms with Gasteiger partial charge in [-0.15, -0.1) is 0 Å². The largest absolute Gasteiger partial charge is 0.496 e. The van der Waals surface area contributed by atoms with Gasteiger partial charge in [0, 0.05) is 27.0 Å². The summed E-state index contributed by atoms with van der Waals surface area (Å²) in [4.78, 5) is 48.4. The molecule has 9 nitrogen and oxygen atoms in total. The molecule has 30 heavy (non-hydrogen) atoms. The Hall–Kier alpha value is -2.93. The van der Waals surface area contributed by atoms with Gasteiger partial charge in [0.15, 0.2) is 0 Å². The van der Waals surface area contributed by atoms with Crippen LogP contribution in [-0.4, -0.2) is 40.5 Å². The van der Waals surface area contributed by atoms with Crippen molar-refractivity contribution in [1.29, 1.82) is 0 Å². The molecule has 0 atom stereocenters. The summed E-state index contributed by atoms with van der Waals surface area (Å²) in [6.45, 7) is -0.444. The van der Waals surface area contributed by atoms with Gasteiger partial charge in [-0.1, -0.05) is 0 Å². The minimum Gasteiger partial charge on any atom is -0.496 e. The molecule has 3 amide bonds. The number of non-ortho nitro benzene ring substituents is 1. The van der Waals surface area contributed by atoms with Crippen LogP contribution in [-0.2, 0) is 9.59 Å². The summed E-state index contributed by atoms with van der Waals surface area (Å²) >= 11 is 2.78. The summed E-state index contributed by atoms with van der Waals surface area (Å²) in [7, 11) is 1.39. The van der Waals surface area contributed by atoms with Crippen LogP contribution >= 0.6 is 34.4 Å². The maximum Gasteiger partial charge on any atom is 0.294 e. The molecule has 0 aliphatic carbocycles. The molecule has 0 spiro atoms. The van der Waals surface area contributed by atoms with Crippen LogP contribution in [0.2, 0.25) is 0 Å². The first-order valence-corrected chi connectivity index (χ1v) is 10.3. The highest BCUT2D eigenvalue weighted by atomic mass is 127. The van der Waals surface area contributed by atoms with E-state index in [4.69, 9.17) is 4.74 Å². The van der Waals surface area contributed by atoms with Gasteiger partial charge in [-0.05, 0) is 70.8 Å². The Balaban J connectivity index is 1.77. The van der Waals surface area contributed by atoms with E-state index in [0.29, 0.717) is 23.2 Å². The van der Waals surface area contributed by atoms with Crippen LogP contribution in [0.5, 0.6) is 5.75 Å². The van der Waals surface area contributed by atoms with Crippen molar-refractivity contribution in [3.8, 4) is 5.75 Å². The van der Waals surface area contributed by atoms with Gasteiger partial charge >= 0.3 is 0 Å². The van der Waals surface area contributed by atoms with Crippen LogP contribution in [0.3, 0.4) is 0 Å². The number of nitrogens with zero attached hydrogens (tertiary/aromatic N) is 2. The Morgan fingerprint density at radius 1 is 1.27 bits per heavy atom. The minimum absolute atomic E-state index is 0.0425. The van der Waals surface area contributed by atoms with Crippen LogP contribution in [0, 0.1) is 13.7 Å². The topological polar surface area (TPSA) is 119 Å². The fourth-order valence-corrected chi connectivity index (χ4v) is 3.79. The Bertz CT molecular complexity index is 1070.